The average Bonchev–Trinajstić information content (AvgIpc) is 3.24. The molecule has 2 aromatic carbocycles. The Kier molecular flexibility index (Phi) is 5.12. The lowest BCUT2D eigenvalue weighted by molar-refractivity contribution is 0.259. The van der Waals surface area contributed by atoms with Gasteiger partial charge in [-0.3, -0.25) is 14.3 Å². The molecule has 33 heavy (non-hydrogen) atoms. The molecule has 0 aliphatic heterocycles. The van der Waals surface area contributed by atoms with Crippen LogP contribution >= 0.6 is 11.6 Å². The Balaban J connectivity index is 1.74. The molecule has 4 N–H and O–H groups in total. The van der Waals surface area contributed by atoms with Crippen molar-refractivity contribution >= 4 is 34.4 Å². The maximum Gasteiger partial charge on any atom is 0.316 e. The summed E-state index contributed by atoms with van der Waals surface area (Å²) in [5.41, 5.74) is 9.46. The van der Waals surface area contributed by atoms with E-state index in [0.29, 0.717) is 33.3 Å². The molecule has 2 amide bonds. The molecule has 0 aliphatic rings. The summed E-state index contributed by atoms with van der Waals surface area (Å²) < 4.78 is 1.51. The zero-order valence-electron chi connectivity index (χ0n) is 17.1. The maximum absolute atomic E-state index is 13.6. The first kappa shape index (κ1) is 20.5. The number of carbonyl (C=O) groups excluding carboxylic acids is 1. The van der Waals surface area contributed by atoms with Gasteiger partial charge in [-0.15, -0.1) is 0 Å². The lowest BCUT2D eigenvalue weighted by atomic mass is 10.1. The molecule has 0 radical (unpaired) electrons. The van der Waals surface area contributed by atoms with Gasteiger partial charge in [0.05, 0.1) is 28.5 Å². The Morgan fingerprint density at radius 3 is 2.64 bits per heavy atom. The van der Waals surface area contributed by atoms with Crippen molar-refractivity contribution in [2.45, 2.75) is 0 Å². The number of rotatable bonds is 4. The molecule has 0 fully saturated rings. The number of nitrogens with one attached hydrogen (secondary N) is 2. The van der Waals surface area contributed by atoms with Crippen LogP contribution in [0.25, 0.3) is 39.2 Å². The van der Waals surface area contributed by atoms with Gasteiger partial charge < -0.3 is 16.0 Å². The average molecular weight is 457 g/mol. The first-order chi connectivity index (χ1) is 16.0. The van der Waals surface area contributed by atoms with E-state index in [9.17, 15) is 9.59 Å². The molecular formula is C24H17ClN6O2. The number of primary amides is 1. The van der Waals surface area contributed by atoms with E-state index in [-0.39, 0.29) is 5.56 Å². The van der Waals surface area contributed by atoms with Gasteiger partial charge in [-0.25, -0.2) is 9.78 Å². The van der Waals surface area contributed by atoms with Crippen molar-refractivity contribution in [2.75, 3.05) is 5.32 Å². The van der Waals surface area contributed by atoms with E-state index in [1.807, 2.05) is 12.1 Å². The molecule has 8 nitrogen and oxygen atoms in total. The predicted molar refractivity (Wildman–Crippen MR) is 129 cm³/mol. The highest BCUT2D eigenvalue weighted by Crippen LogP contribution is 2.26. The number of hydrogen-bond acceptors (Lipinski definition) is 4. The monoisotopic (exact) mass is 456 g/mol. The first-order valence-electron chi connectivity index (χ1n) is 9.97. The first-order valence-corrected chi connectivity index (χ1v) is 10.4. The number of aromatic nitrogens is 4. The highest BCUT2D eigenvalue weighted by molar-refractivity contribution is 6.30. The number of halogens is 1. The second kappa shape index (κ2) is 8.25. The fourth-order valence-electron chi connectivity index (χ4n) is 3.60. The fraction of sp³-hybridized carbons (Fsp3) is 0. The van der Waals surface area contributed by atoms with E-state index in [4.69, 9.17) is 17.3 Å². The molecule has 3 aromatic heterocycles. The number of hydrogen-bond donors (Lipinski definition) is 3. The summed E-state index contributed by atoms with van der Waals surface area (Å²) in [5, 5.41) is 3.15. The number of imidazole rings is 1. The maximum atomic E-state index is 13.6. The van der Waals surface area contributed by atoms with Crippen LogP contribution in [0, 0.1) is 0 Å². The Bertz CT molecular complexity index is 1520. The normalized spacial score (nSPS) is 10.9. The van der Waals surface area contributed by atoms with Gasteiger partial charge in [0.2, 0.25) is 0 Å². The second-order valence-corrected chi connectivity index (χ2v) is 7.78. The van der Waals surface area contributed by atoms with E-state index in [2.05, 4.69) is 20.3 Å². The van der Waals surface area contributed by atoms with Crippen LogP contribution in [-0.4, -0.2) is 25.6 Å². The van der Waals surface area contributed by atoms with Crippen molar-refractivity contribution in [2.24, 2.45) is 5.73 Å². The summed E-state index contributed by atoms with van der Waals surface area (Å²) >= 11 is 6.06. The van der Waals surface area contributed by atoms with E-state index in [0.717, 1.165) is 16.6 Å². The molecule has 0 bridgehead atoms. The molecule has 5 aromatic rings. The number of anilines is 1. The van der Waals surface area contributed by atoms with Crippen molar-refractivity contribution in [3.05, 3.63) is 94.6 Å². The van der Waals surface area contributed by atoms with Crippen LogP contribution in [0.1, 0.15) is 0 Å². The summed E-state index contributed by atoms with van der Waals surface area (Å²) in [6, 6.07) is 17.1. The second-order valence-electron chi connectivity index (χ2n) is 7.34. The van der Waals surface area contributed by atoms with Gasteiger partial charge in [0.15, 0.2) is 0 Å². The quantitative estimate of drug-likeness (QED) is 0.366. The van der Waals surface area contributed by atoms with Crippen LogP contribution in [0.2, 0.25) is 5.02 Å². The fourth-order valence-corrected chi connectivity index (χ4v) is 3.73. The van der Waals surface area contributed by atoms with Gasteiger partial charge in [0.25, 0.3) is 5.56 Å². The van der Waals surface area contributed by atoms with Crippen molar-refractivity contribution in [1.82, 2.24) is 19.5 Å². The molecule has 0 atom stereocenters. The summed E-state index contributed by atoms with van der Waals surface area (Å²) in [4.78, 5) is 36.7. The van der Waals surface area contributed by atoms with Crippen LogP contribution < -0.4 is 16.6 Å². The third-order valence-electron chi connectivity index (χ3n) is 5.13. The molecule has 5 rings (SSSR count). The van der Waals surface area contributed by atoms with Gasteiger partial charge in [-0.05, 0) is 53.6 Å². The Labute approximate surface area is 192 Å². The standard InChI is InChI=1S/C24H17ClN6O2/c25-16-6-4-14(5-7-16)15-10-19(22-29-20-8-9-27-12-21(20)30-22)23(32)31(13-15)18-3-1-2-17(11-18)28-24(26)33/h1-13H,(H,29,30)(H3,26,28,33). The third kappa shape index (κ3) is 4.07. The van der Waals surface area contributed by atoms with Gasteiger partial charge in [-0.1, -0.05) is 29.8 Å². The van der Waals surface area contributed by atoms with Crippen LogP contribution in [0.3, 0.4) is 0 Å². The number of carbonyl (C=O) groups is 1. The molecule has 9 heteroatoms. The van der Waals surface area contributed by atoms with Crippen molar-refractivity contribution < 1.29 is 4.79 Å². The zero-order valence-corrected chi connectivity index (χ0v) is 17.9. The molecule has 0 spiro atoms. The van der Waals surface area contributed by atoms with Crippen LogP contribution in [0.15, 0.2) is 84.0 Å². The smallest absolute Gasteiger partial charge is 0.316 e. The highest BCUT2D eigenvalue weighted by Gasteiger charge is 2.15. The Morgan fingerprint density at radius 2 is 1.88 bits per heavy atom. The zero-order chi connectivity index (χ0) is 22.9. The molecule has 162 valence electrons. The minimum absolute atomic E-state index is 0.282. The number of benzene rings is 2. The molecule has 0 saturated heterocycles. The minimum Gasteiger partial charge on any atom is -0.351 e. The Morgan fingerprint density at radius 1 is 1.06 bits per heavy atom. The lowest BCUT2D eigenvalue weighted by Crippen LogP contribution is -2.22. The Hall–Kier alpha value is -4.43. The van der Waals surface area contributed by atoms with Crippen molar-refractivity contribution in [3.63, 3.8) is 0 Å². The number of nitrogens with zero attached hydrogens (tertiary/aromatic N) is 3. The number of amides is 2. The number of aromatic amines is 1. The number of urea groups is 1. The highest BCUT2D eigenvalue weighted by atomic mass is 35.5. The number of pyridine rings is 2. The van der Waals surface area contributed by atoms with Gasteiger partial charge in [-0.2, -0.15) is 0 Å². The van der Waals surface area contributed by atoms with E-state index in [1.165, 1.54) is 4.57 Å². The van der Waals surface area contributed by atoms with Crippen molar-refractivity contribution in [1.29, 1.82) is 0 Å². The summed E-state index contributed by atoms with van der Waals surface area (Å²) in [5.74, 6) is 0.430. The molecule has 0 aliphatic carbocycles. The predicted octanol–water partition coefficient (Wildman–Crippen LogP) is 4.59. The number of H-pyrrole nitrogens is 1. The van der Waals surface area contributed by atoms with Crippen LogP contribution in [0.5, 0.6) is 0 Å². The summed E-state index contributed by atoms with van der Waals surface area (Å²) in [6.07, 6.45) is 5.04. The van der Waals surface area contributed by atoms with E-state index in [1.54, 1.807) is 67.1 Å². The SMILES string of the molecule is NC(=O)Nc1cccc(-n2cc(-c3ccc(Cl)cc3)cc(-c3nc4ccncc4[nH]3)c2=O)c1. The minimum atomic E-state index is -0.689. The lowest BCUT2D eigenvalue weighted by Gasteiger charge is -2.13. The summed E-state index contributed by atoms with van der Waals surface area (Å²) in [7, 11) is 0. The van der Waals surface area contributed by atoms with Gasteiger partial charge >= 0.3 is 6.03 Å². The third-order valence-corrected chi connectivity index (χ3v) is 5.38. The molecular weight excluding hydrogens is 440 g/mol. The van der Waals surface area contributed by atoms with Gasteiger partial charge in [0.1, 0.15) is 5.82 Å². The van der Waals surface area contributed by atoms with Gasteiger partial charge in [0, 0.05) is 23.1 Å². The van der Waals surface area contributed by atoms with E-state index >= 15 is 0 Å². The molecule has 0 saturated carbocycles. The largest absolute Gasteiger partial charge is 0.351 e. The summed E-state index contributed by atoms with van der Waals surface area (Å²) in [6.45, 7) is 0. The van der Waals surface area contributed by atoms with Crippen molar-refractivity contribution in [3.8, 4) is 28.2 Å². The topological polar surface area (TPSA) is 119 Å². The van der Waals surface area contributed by atoms with Crippen LogP contribution in [0.4, 0.5) is 10.5 Å². The number of fused-ring (bicyclic) bond motifs is 1. The molecule has 0 unspecified atom stereocenters. The van der Waals surface area contributed by atoms with Crippen LogP contribution in [-0.2, 0) is 0 Å². The number of nitrogens with two attached hydrogens (primary N) is 1. The van der Waals surface area contributed by atoms with E-state index < -0.39 is 6.03 Å². The molecule has 3 heterocycles.